The molecule has 0 amide bonds. The topological polar surface area (TPSA) is 9.23 Å². The second-order valence-corrected chi connectivity index (χ2v) is 8.25. The van der Waals surface area contributed by atoms with Crippen LogP contribution in [0.15, 0.2) is 42.5 Å². The molecule has 1 aliphatic carbocycles. The van der Waals surface area contributed by atoms with Crippen molar-refractivity contribution in [2.75, 3.05) is 0 Å². The molecule has 1 aliphatic rings. The van der Waals surface area contributed by atoms with Crippen LogP contribution in [0, 0.1) is 17.5 Å². The molecule has 0 aliphatic heterocycles. The number of alkyl halides is 3. The van der Waals surface area contributed by atoms with E-state index in [-0.39, 0.29) is 11.1 Å². The Balaban J connectivity index is 1.68. The first-order chi connectivity index (χ1) is 15.7. The molecule has 0 heterocycles. The highest BCUT2D eigenvalue weighted by Crippen LogP contribution is 2.39. The minimum Gasteiger partial charge on any atom is -0.399 e. The molecule has 0 radical (unpaired) electrons. The van der Waals surface area contributed by atoms with E-state index in [4.69, 9.17) is 0 Å². The maximum Gasteiger partial charge on any atom is 0.573 e. The number of unbranched alkanes of at least 4 members (excludes halogenated alkanes) is 2. The fourth-order valence-corrected chi connectivity index (χ4v) is 4.35. The van der Waals surface area contributed by atoms with Crippen LogP contribution in [0.25, 0.3) is 22.3 Å². The summed E-state index contributed by atoms with van der Waals surface area (Å²) in [7, 11) is 0. The zero-order chi connectivity index (χ0) is 23.8. The molecular formula is C26H22F6O. The molecule has 0 N–H and O–H groups in total. The maximum atomic E-state index is 15.0. The highest BCUT2D eigenvalue weighted by molar-refractivity contribution is 5.78. The largest absolute Gasteiger partial charge is 0.573 e. The van der Waals surface area contributed by atoms with Gasteiger partial charge in [0.1, 0.15) is 5.82 Å². The van der Waals surface area contributed by atoms with E-state index in [0.29, 0.717) is 18.6 Å². The van der Waals surface area contributed by atoms with Crippen LogP contribution in [-0.4, -0.2) is 6.36 Å². The van der Waals surface area contributed by atoms with Gasteiger partial charge in [-0.15, -0.1) is 13.2 Å². The normalized spacial score (nSPS) is 12.9. The van der Waals surface area contributed by atoms with Crippen molar-refractivity contribution in [2.45, 2.75) is 51.8 Å². The van der Waals surface area contributed by atoms with Crippen LogP contribution in [0.4, 0.5) is 26.3 Å². The Morgan fingerprint density at radius 3 is 2.06 bits per heavy atom. The number of fused-ring (bicyclic) bond motifs is 3. The molecule has 174 valence electrons. The van der Waals surface area contributed by atoms with E-state index < -0.39 is 29.6 Å². The lowest BCUT2D eigenvalue weighted by Crippen LogP contribution is -2.19. The molecule has 0 atom stereocenters. The Morgan fingerprint density at radius 1 is 0.758 bits per heavy atom. The average molecular weight is 464 g/mol. The third kappa shape index (κ3) is 5.02. The molecule has 0 spiro atoms. The van der Waals surface area contributed by atoms with Gasteiger partial charge in [-0.2, -0.15) is 0 Å². The van der Waals surface area contributed by atoms with Gasteiger partial charge in [-0.1, -0.05) is 38.0 Å². The first-order valence-electron chi connectivity index (χ1n) is 10.9. The van der Waals surface area contributed by atoms with Gasteiger partial charge in [0.25, 0.3) is 0 Å². The van der Waals surface area contributed by atoms with Crippen LogP contribution in [0.3, 0.4) is 0 Å². The maximum absolute atomic E-state index is 15.0. The average Bonchev–Trinajstić information content (AvgIpc) is 2.75. The summed E-state index contributed by atoms with van der Waals surface area (Å²) in [6.45, 7) is 2.15. The number of benzene rings is 3. The number of halogens is 6. The van der Waals surface area contributed by atoms with Crippen LogP contribution in [0.2, 0.25) is 0 Å². The molecule has 3 aromatic carbocycles. The lowest BCUT2D eigenvalue weighted by Gasteiger charge is -2.22. The van der Waals surface area contributed by atoms with E-state index in [1.165, 1.54) is 24.1 Å². The summed E-state index contributed by atoms with van der Waals surface area (Å²) in [6, 6.07) is 10.3. The van der Waals surface area contributed by atoms with Crippen LogP contribution in [0.1, 0.15) is 42.9 Å². The molecule has 0 bridgehead atoms. The van der Waals surface area contributed by atoms with Gasteiger partial charge in [0.05, 0.1) is 0 Å². The fourth-order valence-electron chi connectivity index (χ4n) is 4.35. The Kier molecular flexibility index (Phi) is 6.41. The van der Waals surface area contributed by atoms with Crippen molar-refractivity contribution < 1.29 is 31.1 Å². The van der Waals surface area contributed by atoms with Crippen molar-refractivity contribution in [1.29, 1.82) is 0 Å². The SMILES string of the molecule is CCCCCc1ccc2c(c1)CCc1cc(-c3cc(F)c(OC(F)(F)F)c(F)c3)c(F)cc1-2. The van der Waals surface area contributed by atoms with Crippen LogP contribution in [-0.2, 0) is 19.3 Å². The summed E-state index contributed by atoms with van der Waals surface area (Å²) in [6.07, 6.45) is 0.536. The Morgan fingerprint density at radius 2 is 1.42 bits per heavy atom. The van der Waals surface area contributed by atoms with Crippen molar-refractivity contribution >= 4 is 0 Å². The summed E-state index contributed by atoms with van der Waals surface area (Å²) >= 11 is 0. The van der Waals surface area contributed by atoms with Crippen molar-refractivity contribution in [2.24, 2.45) is 0 Å². The van der Waals surface area contributed by atoms with Gasteiger partial charge in [-0.25, -0.2) is 13.2 Å². The van der Waals surface area contributed by atoms with Crippen molar-refractivity contribution in [1.82, 2.24) is 0 Å². The van der Waals surface area contributed by atoms with Crippen LogP contribution < -0.4 is 4.74 Å². The second kappa shape index (κ2) is 9.12. The van der Waals surface area contributed by atoms with Crippen LogP contribution >= 0.6 is 0 Å². The van der Waals surface area contributed by atoms with Crippen LogP contribution in [0.5, 0.6) is 5.75 Å². The van der Waals surface area contributed by atoms with Gasteiger partial charge in [-0.05, 0) is 83.3 Å². The number of aryl methyl sites for hydroxylation is 3. The molecule has 7 heteroatoms. The minimum atomic E-state index is -5.25. The minimum absolute atomic E-state index is 0.0789. The first kappa shape index (κ1) is 23.2. The van der Waals surface area contributed by atoms with Crippen molar-refractivity contribution in [3.8, 4) is 28.0 Å². The van der Waals surface area contributed by atoms with Crippen molar-refractivity contribution in [3.05, 3.63) is 76.6 Å². The van der Waals surface area contributed by atoms with E-state index in [2.05, 4.69) is 17.7 Å². The van der Waals surface area contributed by atoms with E-state index in [1.54, 1.807) is 0 Å². The van der Waals surface area contributed by atoms with E-state index in [9.17, 15) is 22.0 Å². The molecule has 0 saturated carbocycles. The predicted molar refractivity (Wildman–Crippen MR) is 115 cm³/mol. The van der Waals surface area contributed by atoms with Gasteiger partial charge in [-0.3, -0.25) is 0 Å². The summed E-state index contributed by atoms with van der Waals surface area (Å²) in [4.78, 5) is 0. The molecule has 1 nitrogen and oxygen atoms in total. The molecule has 4 rings (SSSR count). The zero-order valence-electron chi connectivity index (χ0n) is 18.0. The molecule has 0 unspecified atom stereocenters. The van der Waals surface area contributed by atoms with E-state index >= 15 is 4.39 Å². The lowest BCUT2D eigenvalue weighted by molar-refractivity contribution is -0.276. The standard InChI is InChI=1S/C26H22F6O/c1-2-3-4-5-15-6-9-19-16(10-15)7-8-17-11-21(22(27)14-20(17)19)18-12-23(28)25(24(29)13-18)33-26(30,31)32/h6,9-14H,2-5,7-8H2,1H3. The summed E-state index contributed by atoms with van der Waals surface area (Å²) < 4.78 is 83.9. The summed E-state index contributed by atoms with van der Waals surface area (Å²) in [5, 5.41) is 0. The number of hydrogen-bond donors (Lipinski definition) is 0. The third-order valence-electron chi connectivity index (χ3n) is 5.91. The quantitative estimate of drug-likeness (QED) is 0.264. The second-order valence-electron chi connectivity index (χ2n) is 8.25. The Hall–Kier alpha value is -2.96. The molecule has 0 saturated heterocycles. The smallest absolute Gasteiger partial charge is 0.399 e. The van der Waals surface area contributed by atoms with Gasteiger partial charge in [0, 0.05) is 5.56 Å². The van der Waals surface area contributed by atoms with E-state index in [1.807, 2.05) is 12.1 Å². The number of hydrogen-bond acceptors (Lipinski definition) is 1. The Labute approximate surface area is 188 Å². The Bertz CT molecular complexity index is 1160. The highest BCUT2D eigenvalue weighted by Gasteiger charge is 2.34. The van der Waals surface area contributed by atoms with Gasteiger partial charge in [0.15, 0.2) is 11.6 Å². The summed E-state index contributed by atoms with van der Waals surface area (Å²) in [5.41, 5.74) is 4.56. The zero-order valence-corrected chi connectivity index (χ0v) is 18.0. The highest BCUT2D eigenvalue weighted by atomic mass is 19.4. The third-order valence-corrected chi connectivity index (χ3v) is 5.91. The predicted octanol–water partition coefficient (Wildman–Crippen LogP) is 8.17. The monoisotopic (exact) mass is 464 g/mol. The molecule has 3 aromatic rings. The number of ether oxygens (including phenoxy) is 1. The van der Waals surface area contributed by atoms with Gasteiger partial charge in [0.2, 0.25) is 5.75 Å². The van der Waals surface area contributed by atoms with E-state index in [0.717, 1.165) is 47.9 Å². The fraction of sp³-hybridized carbons (Fsp3) is 0.308. The number of rotatable bonds is 6. The molecule has 0 fully saturated rings. The summed E-state index contributed by atoms with van der Waals surface area (Å²) in [5.74, 6) is -5.38. The first-order valence-corrected chi connectivity index (χ1v) is 10.9. The van der Waals surface area contributed by atoms with Crippen molar-refractivity contribution in [3.63, 3.8) is 0 Å². The molecule has 33 heavy (non-hydrogen) atoms. The molecular weight excluding hydrogens is 442 g/mol. The van der Waals surface area contributed by atoms with Gasteiger partial charge < -0.3 is 4.74 Å². The lowest BCUT2D eigenvalue weighted by atomic mass is 9.83. The van der Waals surface area contributed by atoms with Gasteiger partial charge >= 0.3 is 6.36 Å². The molecule has 0 aromatic heterocycles.